The lowest BCUT2D eigenvalue weighted by molar-refractivity contribution is 0.103. The zero-order valence-electron chi connectivity index (χ0n) is 16.7. The fraction of sp³-hybridized carbons (Fsp3) is 0.318. The molecule has 1 heterocycles. The van der Waals surface area contributed by atoms with Crippen molar-refractivity contribution in [3.8, 4) is 17.2 Å². The van der Waals surface area contributed by atoms with Crippen LogP contribution < -0.4 is 24.8 Å². The number of fused-ring (bicyclic) bond motifs is 1. The van der Waals surface area contributed by atoms with Gasteiger partial charge in [-0.25, -0.2) is 0 Å². The summed E-state index contributed by atoms with van der Waals surface area (Å²) in [6.45, 7) is 2.93. The Labute approximate surface area is 165 Å². The van der Waals surface area contributed by atoms with Crippen LogP contribution in [0.15, 0.2) is 35.9 Å². The summed E-state index contributed by atoms with van der Waals surface area (Å²) in [5.41, 5.74) is 9.64. The third-order valence-corrected chi connectivity index (χ3v) is 4.64. The van der Waals surface area contributed by atoms with Crippen LogP contribution in [0, 0.1) is 0 Å². The summed E-state index contributed by atoms with van der Waals surface area (Å²) in [5.74, 6) is 1.76. The van der Waals surface area contributed by atoms with Crippen LogP contribution in [0.5, 0.6) is 17.2 Å². The molecule has 0 amide bonds. The topological polar surface area (TPSA) is 74.0 Å². The summed E-state index contributed by atoms with van der Waals surface area (Å²) in [4.78, 5) is 15.0. The van der Waals surface area contributed by atoms with Gasteiger partial charge >= 0.3 is 0 Å². The molecule has 1 aliphatic heterocycles. The number of anilines is 2. The Kier molecular flexibility index (Phi) is 5.78. The van der Waals surface area contributed by atoms with Crippen molar-refractivity contribution in [2.24, 2.45) is 0 Å². The Morgan fingerprint density at radius 1 is 1.21 bits per heavy atom. The van der Waals surface area contributed by atoms with Gasteiger partial charge in [-0.15, -0.1) is 0 Å². The smallest absolute Gasteiger partial charge is 0.203 e. The molecule has 0 aromatic heterocycles. The summed E-state index contributed by atoms with van der Waals surface area (Å²) >= 11 is 0. The van der Waals surface area contributed by atoms with Gasteiger partial charge in [-0.1, -0.05) is 6.92 Å². The number of methoxy groups -OCH3 is 1. The van der Waals surface area contributed by atoms with E-state index in [4.69, 9.17) is 19.9 Å². The third-order valence-electron chi connectivity index (χ3n) is 4.64. The van der Waals surface area contributed by atoms with Gasteiger partial charge in [-0.05, 0) is 48.4 Å². The number of rotatable bonds is 6. The van der Waals surface area contributed by atoms with E-state index in [1.54, 1.807) is 13.2 Å². The van der Waals surface area contributed by atoms with Crippen LogP contribution in [0.25, 0.3) is 6.08 Å². The first-order valence-corrected chi connectivity index (χ1v) is 9.24. The average Bonchev–Trinajstić information content (AvgIpc) is 2.70. The number of carbonyl (C=O) groups excluding carboxylic acids is 1. The fourth-order valence-electron chi connectivity index (χ4n) is 3.19. The van der Waals surface area contributed by atoms with Crippen LogP contribution in [0.1, 0.15) is 29.3 Å². The van der Waals surface area contributed by atoms with Gasteiger partial charge in [-0.2, -0.15) is 0 Å². The van der Waals surface area contributed by atoms with E-state index in [0.717, 1.165) is 11.3 Å². The van der Waals surface area contributed by atoms with E-state index >= 15 is 0 Å². The van der Waals surface area contributed by atoms with Crippen molar-refractivity contribution < 1.29 is 19.0 Å². The number of ketones is 1. The van der Waals surface area contributed by atoms with Crippen LogP contribution in [-0.4, -0.2) is 40.2 Å². The minimum atomic E-state index is -0.0478. The van der Waals surface area contributed by atoms with Gasteiger partial charge in [0.25, 0.3) is 0 Å². The second-order valence-corrected chi connectivity index (χ2v) is 6.77. The largest absolute Gasteiger partial charge is 0.493 e. The maximum absolute atomic E-state index is 13.0. The SMILES string of the molecule is CCC(=Cc1cc(OC)c2c(c1)OCCO2)C(=O)c1ccc(N(C)C)c(N)c1. The summed E-state index contributed by atoms with van der Waals surface area (Å²) in [5, 5.41) is 0. The van der Waals surface area contributed by atoms with Crippen LogP contribution in [0.2, 0.25) is 0 Å². The number of nitrogens with two attached hydrogens (primary N) is 1. The van der Waals surface area contributed by atoms with Crippen LogP contribution >= 0.6 is 0 Å². The molecule has 1 aliphatic rings. The molecule has 0 radical (unpaired) electrons. The van der Waals surface area contributed by atoms with E-state index in [1.807, 2.05) is 56.3 Å². The van der Waals surface area contributed by atoms with Gasteiger partial charge in [0, 0.05) is 25.2 Å². The van der Waals surface area contributed by atoms with Crippen LogP contribution in [0.4, 0.5) is 11.4 Å². The molecule has 3 rings (SSSR count). The molecule has 0 aliphatic carbocycles. The highest BCUT2D eigenvalue weighted by atomic mass is 16.6. The summed E-state index contributed by atoms with van der Waals surface area (Å²) in [6, 6.07) is 9.11. The van der Waals surface area contributed by atoms with Gasteiger partial charge in [-0.3, -0.25) is 4.79 Å². The number of hydrogen-bond acceptors (Lipinski definition) is 6. The zero-order chi connectivity index (χ0) is 20.3. The minimum Gasteiger partial charge on any atom is -0.493 e. The summed E-state index contributed by atoms with van der Waals surface area (Å²) in [6.07, 6.45) is 2.45. The van der Waals surface area contributed by atoms with Gasteiger partial charge in [0.1, 0.15) is 13.2 Å². The molecule has 0 atom stereocenters. The standard InChI is InChI=1S/C22H26N2O4/c1-5-15(21(25)16-6-7-18(24(2)3)17(23)13-16)10-14-11-19(26-4)22-20(12-14)27-8-9-28-22/h6-7,10-13H,5,8-9,23H2,1-4H3. The predicted molar refractivity (Wildman–Crippen MR) is 112 cm³/mol. The molecule has 2 aromatic carbocycles. The van der Waals surface area contributed by atoms with Gasteiger partial charge in [0.15, 0.2) is 17.3 Å². The number of allylic oxidation sites excluding steroid dienone is 1. The number of ether oxygens (including phenoxy) is 3. The highest BCUT2D eigenvalue weighted by molar-refractivity contribution is 6.12. The maximum Gasteiger partial charge on any atom is 0.203 e. The highest BCUT2D eigenvalue weighted by Crippen LogP contribution is 2.41. The minimum absolute atomic E-state index is 0.0478. The van der Waals surface area contributed by atoms with E-state index in [0.29, 0.717) is 53.7 Å². The molecule has 0 saturated heterocycles. The van der Waals surface area contributed by atoms with Crippen molar-refractivity contribution in [2.45, 2.75) is 13.3 Å². The Balaban J connectivity index is 1.96. The van der Waals surface area contributed by atoms with Crippen molar-refractivity contribution in [1.29, 1.82) is 0 Å². The summed E-state index contributed by atoms with van der Waals surface area (Å²) in [7, 11) is 5.42. The van der Waals surface area contributed by atoms with Gasteiger partial charge in [0.05, 0.1) is 18.5 Å². The lowest BCUT2D eigenvalue weighted by Crippen LogP contribution is -2.16. The van der Waals surface area contributed by atoms with Crippen molar-refractivity contribution in [3.05, 3.63) is 47.0 Å². The monoisotopic (exact) mass is 382 g/mol. The number of hydrogen-bond donors (Lipinski definition) is 1. The second-order valence-electron chi connectivity index (χ2n) is 6.77. The van der Waals surface area contributed by atoms with Crippen molar-refractivity contribution in [2.75, 3.05) is 45.1 Å². The predicted octanol–water partition coefficient (Wildman–Crippen LogP) is 3.79. The van der Waals surface area contributed by atoms with Crippen LogP contribution in [-0.2, 0) is 0 Å². The van der Waals surface area contributed by atoms with Crippen molar-refractivity contribution in [3.63, 3.8) is 0 Å². The molecule has 6 nitrogen and oxygen atoms in total. The maximum atomic E-state index is 13.0. The molecule has 0 saturated carbocycles. The molecule has 28 heavy (non-hydrogen) atoms. The van der Waals surface area contributed by atoms with E-state index in [-0.39, 0.29) is 5.78 Å². The highest BCUT2D eigenvalue weighted by Gasteiger charge is 2.19. The third kappa shape index (κ3) is 3.91. The van der Waals surface area contributed by atoms with Crippen molar-refractivity contribution in [1.82, 2.24) is 0 Å². The summed E-state index contributed by atoms with van der Waals surface area (Å²) < 4.78 is 16.7. The quantitative estimate of drug-likeness (QED) is 0.465. The van der Waals surface area contributed by atoms with Gasteiger partial charge < -0.3 is 24.8 Å². The molecule has 0 unspecified atom stereocenters. The molecule has 2 aromatic rings. The van der Waals surface area contributed by atoms with Crippen molar-refractivity contribution >= 4 is 23.2 Å². The Hall–Kier alpha value is -3.15. The molecule has 148 valence electrons. The van der Waals surface area contributed by atoms with E-state index in [1.165, 1.54) is 0 Å². The molecule has 0 spiro atoms. The zero-order valence-corrected chi connectivity index (χ0v) is 16.7. The number of benzene rings is 2. The first-order valence-electron chi connectivity index (χ1n) is 9.24. The lowest BCUT2D eigenvalue weighted by Gasteiger charge is -2.21. The van der Waals surface area contributed by atoms with E-state index in [2.05, 4.69) is 0 Å². The Morgan fingerprint density at radius 2 is 1.96 bits per heavy atom. The first-order chi connectivity index (χ1) is 13.4. The van der Waals surface area contributed by atoms with Crippen LogP contribution in [0.3, 0.4) is 0 Å². The molecular formula is C22H26N2O4. The van der Waals surface area contributed by atoms with E-state index in [9.17, 15) is 4.79 Å². The van der Waals surface area contributed by atoms with Gasteiger partial charge in [0.2, 0.25) is 5.75 Å². The number of nitrogens with zero attached hydrogens (tertiary/aromatic N) is 1. The van der Waals surface area contributed by atoms with E-state index < -0.39 is 0 Å². The Morgan fingerprint density at radius 3 is 2.61 bits per heavy atom. The fourth-order valence-corrected chi connectivity index (χ4v) is 3.19. The number of carbonyl (C=O) groups is 1. The molecule has 0 fully saturated rings. The lowest BCUT2D eigenvalue weighted by atomic mass is 9.98. The molecule has 0 bridgehead atoms. The first kappa shape index (κ1) is 19.6. The molecular weight excluding hydrogens is 356 g/mol. The Bertz CT molecular complexity index is 902. The number of nitrogen functional groups attached to an aromatic ring is 1. The molecule has 6 heteroatoms. The molecule has 2 N–H and O–H groups in total. The number of Topliss-reactive ketones (excluding diaryl/α,β-unsaturated/α-hetero) is 1. The average molecular weight is 382 g/mol. The second kappa shape index (κ2) is 8.25. The normalized spacial score (nSPS) is 13.2.